The standard InChI is InChI=1S/C23H19N3O3/c1-14-9-11-16(12-10-14)25-22(28)18-17-8-5-13-24-26(17)20(19(18)23(25)29)21(27)15-6-3-2-4-7-15/h2-13,17-20H,1H3/t17-,18-,19+,20-/m0/s1. The van der Waals surface area contributed by atoms with Crippen molar-refractivity contribution < 1.29 is 14.4 Å². The molecule has 2 fully saturated rings. The van der Waals surface area contributed by atoms with E-state index in [1.54, 1.807) is 53.7 Å². The number of rotatable bonds is 3. The van der Waals surface area contributed by atoms with Gasteiger partial charge >= 0.3 is 0 Å². The number of imide groups is 1. The number of allylic oxidation sites excluding steroid dienone is 1. The summed E-state index contributed by atoms with van der Waals surface area (Å²) in [6, 6.07) is 14.9. The van der Waals surface area contributed by atoms with Gasteiger partial charge < -0.3 is 0 Å². The zero-order valence-corrected chi connectivity index (χ0v) is 15.8. The van der Waals surface area contributed by atoms with Gasteiger partial charge in [0.25, 0.3) is 0 Å². The molecule has 0 radical (unpaired) electrons. The Hall–Kier alpha value is -3.54. The number of Topliss-reactive ketones (excluding diaryl/α,β-unsaturated/α-hetero) is 1. The molecule has 0 aromatic heterocycles. The molecule has 2 amide bonds. The number of fused-ring (bicyclic) bond motifs is 3. The third-order valence-electron chi connectivity index (χ3n) is 5.91. The van der Waals surface area contributed by atoms with Crippen molar-refractivity contribution in [2.45, 2.75) is 19.0 Å². The van der Waals surface area contributed by atoms with E-state index in [1.807, 2.05) is 31.2 Å². The Morgan fingerprint density at radius 3 is 2.34 bits per heavy atom. The number of carbonyl (C=O) groups excluding carboxylic acids is 3. The summed E-state index contributed by atoms with van der Waals surface area (Å²) >= 11 is 0. The van der Waals surface area contributed by atoms with Crippen LogP contribution in [0.15, 0.2) is 71.9 Å². The van der Waals surface area contributed by atoms with Crippen LogP contribution in [0.2, 0.25) is 0 Å². The van der Waals surface area contributed by atoms with Crippen LogP contribution in [-0.4, -0.2) is 40.9 Å². The lowest BCUT2D eigenvalue weighted by Gasteiger charge is -2.30. The predicted molar refractivity (Wildman–Crippen MR) is 108 cm³/mol. The second-order valence-electron chi connectivity index (χ2n) is 7.59. The Morgan fingerprint density at radius 2 is 1.62 bits per heavy atom. The molecule has 0 saturated carbocycles. The number of hydrazone groups is 1. The number of nitrogens with zero attached hydrogens (tertiary/aromatic N) is 3. The van der Waals surface area contributed by atoms with Gasteiger partial charge in [0.2, 0.25) is 11.8 Å². The first-order chi connectivity index (χ1) is 14.1. The van der Waals surface area contributed by atoms with Crippen LogP contribution in [0.5, 0.6) is 0 Å². The number of benzene rings is 2. The Labute approximate surface area is 168 Å². The molecule has 29 heavy (non-hydrogen) atoms. The van der Waals surface area contributed by atoms with Crippen molar-refractivity contribution in [2.75, 3.05) is 4.90 Å². The van der Waals surface area contributed by atoms with E-state index in [-0.39, 0.29) is 17.6 Å². The molecule has 2 aromatic carbocycles. The maximum absolute atomic E-state index is 13.4. The normalized spacial score (nSPS) is 27.3. The van der Waals surface area contributed by atoms with Gasteiger partial charge in [0.1, 0.15) is 6.04 Å². The smallest absolute Gasteiger partial charge is 0.240 e. The fourth-order valence-electron chi connectivity index (χ4n) is 4.56. The van der Waals surface area contributed by atoms with E-state index in [1.165, 1.54) is 4.90 Å². The SMILES string of the molecule is Cc1ccc(N2C(=O)[C@@H]3[C@@H](C2=O)[C@@H]2C=CC=NN2[C@@H]3C(=O)c2ccccc2)cc1. The molecule has 3 aliphatic rings. The molecular formula is C23H19N3O3. The molecule has 2 aromatic rings. The lowest BCUT2D eigenvalue weighted by atomic mass is 9.86. The molecule has 3 heterocycles. The maximum Gasteiger partial charge on any atom is 0.240 e. The summed E-state index contributed by atoms with van der Waals surface area (Å²) in [4.78, 5) is 41.3. The highest BCUT2D eigenvalue weighted by Crippen LogP contribution is 2.46. The fourth-order valence-corrected chi connectivity index (χ4v) is 4.56. The van der Waals surface area contributed by atoms with E-state index in [9.17, 15) is 14.4 Å². The van der Waals surface area contributed by atoms with Gasteiger partial charge in [0.15, 0.2) is 5.78 Å². The van der Waals surface area contributed by atoms with Crippen LogP contribution in [0.3, 0.4) is 0 Å². The molecule has 144 valence electrons. The molecule has 6 heteroatoms. The molecule has 0 aliphatic carbocycles. The number of amides is 2. The third kappa shape index (κ3) is 2.56. The van der Waals surface area contributed by atoms with Crippen molar-refractivity contribution in [2.24, 2.45) is 16.9 Å². The van der Waals surface area contributed by atoms with Gasteiger partial charge in [-0.25, -0.2) is 4.90 Å². The third-order valence-corrected chi connectivity index (χ3v) is 5.91. The zero-order valence-electron chi connectivity index (χ0n) is 15.8. The number of anilines is 1. The van der Waals surface area contributed by atoms with Gasteiger partial charge in [-0.3, -0.25) is 19.4 Å². The van der Waals surface area contributed by atoms with Crippen molar-refractivity contribution in [1.82, 2.24) is 5.01 Å². The lowest BCUT2D eigenvalue weighted by molar-refractivity contribution is -0.123. The zero-order chi connectivity index (χ0) is 20.1. The van der Waals surface area contributed by atoms with Crippen molar-refractivity contribution in [3.8, 4) is 0 Å². The Kier molecular flexibility index (Phi) is 3.94. The minimum absolute atomic E-state index is 0.192. The van der Waals surface area contributed by atoms with E-state index in [0.29, 0.717) is 11.3 Å². The lowest BCUT2D eigenvalue weighted by Crippen LogP contribution is -2.46. The summed E-state index contributed by atoms with van der Waals surface area (Å²) < 4.78 is 0. The van der Waals surface area contributed by atoms with Crippen molar-refractivity contribution in [1.29, 1.82) is 0 Å². The number of carbonyl (C=O) groups is 3. The number of aryl methyl sites for hydroxylation is 1. The topological polar surface area (TPSA) is 70.1 Å². The van der Waals surface area contributed by atoms with Crippen molar-refractivity contribution >= 4 is 29.5 Å². The van der Waals surface area contributed by atoms with E-state index in [0.717, 1.165) is 5.56 Å². The van der Waals surface area contributed by atoms with E-state index in [2.05, 4.69) is 5.10 Å². The Balaban J connectivity index is 1.58. The van der Waals surface area contributed by atoms with Crippen LogP contribution in [0.25, 0.3) is 0 Å². The monoisotopic (exact) mass is 385 g/mol. The minimum Gasteiger partial charge on any atom is -0.292 e. The second-order valence-corrected chi connectivity index (χ2v) is 7.59. The average molecular weight is 385 g/mol. The highest BCUT2D eigenvalue weighted by atomic mass is 16.2. The minimum atomic E-state index is -0.805. The largest absolute Gasteiger partial charge is 0.292 e. The van der Waals surface area contributed by atoms with Gasteiger partial charge in [-0.15, -0.1) is 0 Å². The van der Waals surface area contributed by atoms with Crippen LogP contribution in [0.1, 0.15) is 15.9 Å². The average Bonchev–Trinajstić information content (AvgIpc) is 3.22. The fraction of sp³-hybridized carbons (Fsp3) is 0.217. The Morgan fingerprint density at radius 1 is 0.931 bits per heavy atom. The van der Waals surface area contributed by atoms with Gasteiger partial charge in [-0.05, 0) is 25.1 Å². The molecule has 3 aliphatic heterocycles. The van der Waals surface area contributed by atoms with Crippen LogP contribution in [0, 0.1) is 18.8 Å². The first kappa shape index (κ1) is 17.6. The first-order valence-corrected chi connectivity index (χ1v) is 9.61. The van der Waals surface area contributed by atoms with Gasteiger partial charge in [0.05, 0.1) is 23.6 Å². The number of ketones is 1. The number of hydrogen-bond donors (Lipinski definition) is 0. The first-order valence-electron chi connectivity index (χ1n) is 9.61. The van der Waals surface area contributed by atoms with Gasteiger partial charge in [-0.2, -0.15) is 5.10 Å². The summed E-state index contributed by atoms with van der Waals surface area (Å²) in [5.41, 5.74) is 2.09. The summed E-state index contributed by atoms with van der Waals surface area (Å²) in [6.45, 7) is 1.95. The van der Waals surface area contributed by atoms with Crippen LogP contribution < -0.4 is 4.90 Å². The highest BCUT2D eigenvalue weighted by molar-refractivity contribution is 6.24. The summed E-state index contributed by atoms with van der Waals surface area (Å²) in [5.74, 6) is -2.20. The van der Waals surface area contributed by atoms with E-state index < -0.39 is 23.9 Å². The van der Waals surface area contributed by atoms with Gasteiger partial charge in [-0.1, -0.05) is 54.1 Å². The predicted octanol–water partition coefficient (Wildman–Crippen LogP) is 2.59. The van der Waals surface area contributed by atoms with Crippen molar-refractivity contribution in [3.05, 3.63) is 77.9 Å². The summed E-state index contributed by atoms with van der Waals surface area (Å²) in [5, 5.41) is 5.99. The molecule has 2 saturated heterocycles. The van der Waals surface area contributed by atoms with E-state index >= 15 is 0 Å². The molecule has 5 rings (SSSR count). The Bertz CT molecular complexity index is 1060. The molecule has 0 spiro atoms. The molecule has 6 nitrogen and oxygen atoms in total. The molecule has 0 bridgehead atoms. The van der Waals surface area contributed by atoms with Crippen molar-refractivity contribution in [3.63, 3.8) is 0 Å². The molecule has 0 unspecified atom stereocenters. The molecule has 0 N–H and O–H groups in total. The van der Waals surface area contributed by atoms with Crippen LogP contribution in [-0.2, 0) is 9.59 Å². The maximum atomic E-state index is 13.4. The van der Waals surface area contributed by atoms with Crippen LogP contribution >= 0.6 is 0 Å². The summed E-state index contributed by atoms with van der Waals surface area (Å²) in [6.07, 6.45) is 5.21. The molecule has 4 atom stereocenters. The number of hydrogen-bond acceptors (Lipinski definition) is 5. The molecular weight excluding hydrogens is 366 g/mol. The van der Waals surface area contributed by atoms with E-state index in [4.69, 9.17) is 0 Å². The quantitative estimate of drug-likeness (QED) is 0.602. The summed E-state index contributed by atoms with van der Waals surface area (Å²) in [7, 11) is 0. The second kappa shape index (κ2) is 6.51. The van der Waals surface area contributed by atoms with Gasteiger partial charge in [0, 0.05) is 11.8 Å². The van der Waals surface area contributed by atoms with Crippen LogP contribution in [0.4, 0.5) is 5.69 Å². The highest BCUT2D eigenvalue weighted by Gasteiger charge is 2.64.